The largest absolute Gasteiger partial charge is 0.336 e. The fourth-order valence-electron chi connectivity index (χ4n) is 2.91. The average molecular weight is 315 g/mol. The molecule has 1 heterocycles. The number of piperazine rings is 1. The first-order valence-corrected chi connectivity index (χ1v) is 8.49. The molecule has 2 fully saturated rings. The van der Waals surface area contributed by atoms with E-state index in [9.17, 15) is 9.59 Å². The predicted octanol–water partition coefficient (Wildman–Crippen LogP) is 2.20. The Morgan fingerprint density at radius 1 is 1.04 bits per heavy atom. The van der Waals surface area contributed by atoms with Gasteiger partial charge in [0, 0.05) is 49.4 Å². The van der Waals surface area contributed by atoms with Gasteiger partial charge in [-0.3, -0.25) is 14.5 Å². The second-order valence-corrected chi connectivity index (χ2v) is 6.76. The van der Waals surface area contributed by atoms with Gasteiger partial charge in [0.2, 0.25) is 5.91 Å². The summed E-state index contributed by atoms with van der Waals surface area (Å²) in [6.07, 6.45) is 1.98. The number of hydrogen-bond acceptors (Lipinski definition) is 3. The summed E-state index contributed by atoms with van der Waals surface area (Å²) in [5, 5.41) is 2.90. The summed E-state index contributed by atoms with van der Waals surface area (Å²) in [7, 11) is 0. The Kier molecular flexibility index (Phi) is 4.66. The van der Waals surface area contributed by atoms with Gasteiger partial charge in [0.1, 0.15) is 0 Å². The molecule has 1 saturated carbocycles. The number of carbonyl (C=O) groups excluding carboxylic acids is 2. The Bertz CT molecular complexity index is 570. The molecular weight excluding hydrogens is 290 g/mol. The van der Waals surface area contributed by atoms with E-state index in [0.29, 0.717) is 11.6 Å². The topological polar surface area (TPSA) is 52.6 Å². The summed E-state index contributed by atoms with van der Waals surface area (Å²) in [5.74, 6) is 0.357. The summed E-state index contributed by atoms with van der Waals surface area (Å²) in [4.78, 5) is 28.6. The van der Waals surface area contributed by atoms with Crippen molar-refractivity contribution < 1.29 is 9.59 Å². The summed E-state index contributed by atoms with van der Waals surface area (Å²) in [5.41, 5.74) is 1.45. The van der Waals surface area contributed by atoms with Crippen molar-refractivity contribution in [2.75, 3.05) is 31.5 Å². The zero-order chi connectivity index (χ0) is 16.4. The van der Waals surface area contributed by atoms with Gasteiger partial charge in [0.05, 0.1) is 0 Å². The standard InChI is InChI=1S/C18H25N3O2/c1-13(2)20-9-11-21(12-10-20)18(23)15-5-7-16(8-6-15)19-17(22)14-3-4-14/h5-8,13-14H,3-4,9-12H2,1-2H3,(H,19,22). The van der Waals surface area contributed by atoms with Crippen LogP contribution in [0.25, 0.3) is 0 Å². The molecule has 0 unspecified atom stereocenters. The zero-order valence-corrected chi connectivity index (χ0v) is 13.9. The number of anilines is 1. The van der Waals surface area contributed by atoms with Crippen molar-refractivity contribution in [3.63, 3.8) is 0 Å². The van der Waals surface area contributed by atoms with Crippen molar-refractivity contribution in [2.45, 2.75) is 32.7 Å². The first kappa shape index (κ1) is 16.0. The van der Waals surface area contributed by atoms with Crippen molar-refractivity contribution in [3.8, 4) is 0 Å². The van der Waals surface area contributed by atoms with Crippen LogP contribution in [0.2, 0.25) is 0 Å². The minimum atomic E-state index is 0.0773. The molecule has 2 aliphatic rings. The van der Waals surface area contributed by atoms with E-state index in [4.69, 9.17) is 0 Å². The Morgan fingerprint density at radius 2 is 1.65 bits per heavy atom. The second-order valence-electron chi connectivity index (χ2n) is 6.76. The van der Waals surface area contributed by atoms with Crippen LogP contribution in [0.3, 0.4) is 0 Å². The van der Waals surface area contributed by atoms with E-state index in [0.717, 1.165) is 44.7 Å². The maximum atomic E-state index is 12.5. The maximum Gasteiger partial charge on any atom is 0.253 e. The van der Waals surface area contributed by atoms with Crippen LogP contribution in [-0.2, 0) is 4.79 Å². The number of benzene rings is 1. The molecule has 5 nitrogen and oxygen atoms in total. The molecule has 1 saturated heterocycles. The Hall–Kier alpha value is -1.88. The number of nitrogens with zero attached hydrogens (tertiary/aromatic N) is 2. The average Bonchev–Trinajstić information content (AvgIpc) is 3.40. The third-order valence-corrected chi connectivity index (χ3v) is 4.68. The van der Waals surface area contributed by atoms with Gasteiger partial charge < -0.3 is 10.2 Å². The van der Waals surface area contributed by atoms with E-state index >= 15 is 0 Å². The van der Waals surface area contributed by atoms with Gasteiger partial charge in [-0.25, -0.2) is 0 Å². The molecule has 0 radical (unpaired) electrons. The summed E-state index contributed by atoms with van der Waals surface area (Å²) in [6.45, 7) is 7.78. The molecular formula is C18H25N3O2. The molecule has 0 atom stereocenters. The van der Waals surface area contributed by atoms with E-state index in [1.165, 1.54) is 0 Å². The van der Waals surface area contributed by atoms with Crippen molar-refractivity contribution in [1.82, 2.24) is 9.80 Å². The van der Waals surface area contributed by atoms with E-state index in [1.807, 2.05) is 17.0 Å². The highest BCUT2D eigenvalue weighted by Crippen LogP contribution is 2.30. The number of carbonyl (C=O) groups is 2. The third-order valence-electron chi connectivity index (χ3n) is 4.68. The number of rotatable bonds is 4. The van der Waals surface area contributed by atoms with Gasteiger partial charge in [-0.15, -0.1) is 0 Å². The molecule has 1 aromatic rings. The van der Waals surface area contributed by atoms with Gasteiger partial charge in [0.15, 0.2) is 0 Å². The number of amides is 2. The molecule has 2 amide bonds. The Morgan fingerprint density at radius 3 is 2.17 bits per heavy atom. The zero-order valence-electron chi connectivity index (χ0n) is 13.9. The van der Waals surface area contributed by atoms with Crippen molar-refractivity contribution in [1.29, 1.82) is 0 Å². The Labute approximate surface area is 137 Å². The van der Waals surface area contributed by atoms with E-state index in [-0.39, 0.29) is 17.7 Å². The summed E-state index contributed by atoms with van der Waals surface area (Å²) >= 11 is 0. The lowest BCUT2D eigenvalue weighted by Gasteiger charge is -2.37. The lowest BCUT2D eigenvalue weighted by molar-refractivity contribution is -0.117. The monoisotopic (exact) mass is 315 g/mol. The minimum absolute atomic E-state index is 0.0773. The van der Waals surface area contributed by atoms with Crippen LogP contribution in [0.5, 0.6) is 0 Å². The fraction of sp³-hybridized carbons (Fsp3) is 0.556. The lowest BCUT2D eigenvalue weighted by Crippen LogP contribution is -2.50. The summed E-state index contributed by atoms with van der Waals surface area (Å²) < 4.78 is 0. The minimum Gasteiger partial charge on any atom is -0.336 e. The van der Waals surface area contributed by atoms with Crippen LogP contribution >= 0.6 is 0 Å². The smallest absolute Gasteiger partial charge is 0.253 e. The lowest BCUT2D eigenvalue weighted by atomic mass is 10.1. The molecule has 0 aromatic heterocycles. The molecule has 124 valence electrons. The van der Waals surface area contributed by atoms with Crippen LogP contribution in [0, 0.1) is 5.92 Å². The number of nitrogens with one attached hydrogen (secondary N) is 1. The van der Waals surface area contributed by atoms with Crippen molar-refractivity contribution in [3.05, 3.63) is 29.8 Å². The van der Waals surface area contributed by atoms with Gasteiger partial charge in [-0.05, 0) is 51.0 Å². The predicted molar refractivity (Wildman–Crippen MR) is 90.4 cm³/mol. The van der Waals surface area contributed by atoms with E-state index < -0.39 is 0 Å². The Balaban J connectivity index is 1.56. The third kappa shape index (κ3) is 3.91. The van der Waals surface area contributed by atoms with Gasteiger partial charge in [-0.2, -0.15) is 0 Å². The van der Waals surface area contributed by atoms with Gasteiger partial charge in [-0.1, -0.05) is 0 Å². The van der Waals surface area contributed by atoms with Crippen molar-refractivity contribution in [2.24, 2.45) is 5.92 Å². The maximum absolute atomic E-state index is 12.5. The van der Waals surface area contributed by atoms with Crippen LogP contribution in [0.4, 0.5) is 5.69 Å². The van der Waals surface area contributed by atoms with Gasteiger partial charge >= 0.3 is 0 Å². The molecule has 23 heavy (non-hydrogen) atoms. The molecule has 5 heteroatoms. The highest BCUT2D eigenvalue weighted by Gasteiger charge is 2.29. The van der Waals surface area contributed by atoms with Crippen LogP contribution in [0.15, 0.2) is 24.3 Å². The van der Waals surface area contributed by atoms with E-state index in [2.05, 4.69) is 24.1 Å². The van der Waals surface area contributed by atoms with Gasteiger partial charge in [0.25, 0.3) is 5.91 Å². The first-order chi connectivity index (χ1) is 11.0. The molecule has 0 spiro atoms. The highest BCUT2D eigenvalue weighted by atomic mass is 16.2. The SMILES string of the molecule is CC(C)N1CCN(C(=O)c2ccc(NC(=O)C3CC3)cc2)CC1. The molecule has 3 rings (SSSR count). The van der Waals surface area contributed by atoms with Crippen molar-refractivity contribution >= 4 is 17.5 Å². The molecule has 1 aromatic carbocycles. The molecule has 1 aliphatic carbocycles. The van der Waals surface area contributed by atoms with Crippen LogP contribution in [-0.4, -0.2) is 53.8 Å². The van der Waals surface area contributed by atoms with Crippen LogP contribution < -0.4 is 5.32 Å². The summed E-state index contributed by atoms with van der Waals surface area (Å²) in [6, 6.07) is 7.77. The fourth-order valence-corrected chi connectivity index (χ4v) is 2.91. The van der Waals surface area contributed by atoms with Crippen LogP contribution in [0.1, 0.15) is 37.0 Å². The quantitative estimate of drug-likeness (QED) is 0.927. The highest BCUT2D eigenvalue weighted by molar-refractivity contribution is 5.96. The van der Waals surface area contributed by atoms with E-state index in [1.54, 1.807) is 12.1 Å². The number of hydrogen-bond donors (Lipinski definition) is 1. The molecule has 1 aliphatic heterocycles. The molecule has 0 bridgehead atoms. The second kappa shape index (κ2) is 6.71. The normalized spacial score (nSPS) is 19.0. The first-order valence-electron chi connectivity index (χ1n) is 8.49. The molecule has 1 N–H and O–H groups in total.